The Hall–Kier alpha value is -2.52. The second kappa shape index (κ2) is 9.09. The SMILES string of the molecule is C[C@H](CS(=O)(=O)c1cn(C)c(C(=O)Nc2ccc(F)c(C#N)c2)c1F)C(C)(F)F.S. The number of amides is 1. The molecule has 1 aromatic carbocycles. The topological polar surface area (TPSA) is 92.0 Å². The number of benzene rings is 1. The van der Waals surface area contributed by atoms with Crippen LogP contribution in [0, 0.1) is 28.9 Å². The summed E-state index contributed by atoms with van der Waals surface area (Å²) < 4.78 is 80.4. The van der Waals surface area contributed by atoms with Crippen molar-refractivity contribution in [3.8, 4) is 6.07 Å². The van der Waals surface area contributed by atoms with Gasteiger partial charge in [0, 0.05) is 24.8 Å². The number of nitrogens with one attached hydrogen (secondary N) is 1. The first-order valence-electron chi connectivity index (χ1n) is 8.24. The third-order valence-corrected chi connectivity index (χ3v) is 6.21. The van der Waals surface area contributed by atoms with Crippen LogP contribution in [0.2, 0.25) is 0 Å². The lowest BCUT2D eigenvalue weighted by Gasteiger charge is -2.18. The van der Waals surface area contributed by atoms with Gasteiger partial charge in [-0.3, -0.25) is 4.79 Å². The molecule has 0 unspecified atom stereocenters. The number of sulfone groups is 1. The Kier molecular flexibility index (Phi) is 7.73. The summed E-state index contributed by atoms with van der Waals surface area (Å²) in [5.74, 6) is -9.14. The van der Waals surface area contributed by atoms with Crippen molar-refractivity contribution in [2.75, 3.05) is 11.1 Å². The van der Waals surface area contributed by atoms with E-state index in [0.717, 1.165) is 35.9 Å². The highest BCUT2D eigenvalue weighted by Crippen LogP contribution is 2.29. The van der Waals surface area contributed by atoms with Gasteiger partial charge in [0.2, 0.25) is 5.92 Å². The second-order valence-electron chi connectivity index (χ2n) is 6.67. The number of hydrogen-bond acceptors (Lipinski definition) is 4. The molecule has 2 aromatic rings. The maximum atomic E-state index is 14.7. The molecule has 2 rings (SSSR count). The molecule has 0 saturated carbocycles. The van der Waals surface area contributed by atoms with E-state index in [0.29, 0.717) is 6.92 Å². The van der Waals surface area contributed by atoms with E-state index in [9.17, 15) is 30.8 Å². The van der Waals surface area contributed by atoms with Gasteiger partial charge in [-0.2, -0.15) is 18.8 Å². The molecule has 0 aliphatic heterocycles. The third kappa shape index (κ3) is 5.34. The fourth-order valence-corrected chi connectivity index (χ4v) is 4.31. The zero-order valence-corrected chi connectivity index (χ0v) is 17.9. The van der Waals surface area contributed by atoms with Gasteiger partial charge in [0.15, 0.2) is 15.7 Å². The lowest BCUT2D eigenvalue weighted by molar-refractivity contribution is -0.0238. The van der Waals surface area contributed by atoms with Crippen molar-refractivity contribution in [1.29, 1.82) is 5.26 Å². The Bertz CT molecular complexity index is 1100. The number of rotatable bonds is 6. The summed E-state index contributed by atoms with van der Waals surface area (Å²) >= 11 is 0. The first kappa shape index (κ1) is 25.5. The first-order chi connectivity index (χ1) is 13.3. The molecule has 1 amide bonds. The van der Waals surface area contributed by atoms with E-state index in [4.69, 9.17) is 5.26 Å². The highest BCUT2D eigenvalue weighted by molar-refractivity contribution is 7.91. The van der Waals surface area contributed by atoms with Crippen molar-refractivity contribution in [1.82, 2.24) is 4.57 Å². The maximum absolute atomic E-state index is 14.7. The minimum atomic E-state index is -4.45. The summed E-state index contributed by atoms with van der Waals surface area (Å²) in [5.41, 5.74) is -1.03. The van der Waals surface area contributed by atoms with Crippen molar-refractivity contribution in [2.45, 2.75) is 24.7 Å². The van der Waals surface area contributed by atoms with E-state index >= 15 is 0 Å². The molecule has 1 heterocycles. The van der Waals surface area contributed by atoms with Crippen molar-refractivity contribution < 1.29 is 30.8 Å². The smallest absolute Gasteiger partial charge is 0.275 e. The summed E-state index contributed by atoms with van der Waals surface area (Å²) in [5, 5.41) is 11.1. The van der Waals surface area contributed by atoms with Crippen molar-refractivity contribution in [3.05, 3.63) is 47.3 Å². The minimum absolute atomic E-state index is 0. The van der Waals surface area contributed by atoms with Gasteiger partial charge in [-0.1, -0.05) is 6.92 Å². The van der Waals surface area contributed by atoms with E-state index in [-0.39, 0.29) is 24.7 Å². The summed E-state index contributed by atoms with van der Waals surface area (Å²) in [6.07, 6.45) is 0.825. The van der Waals surface area contributed by atoms with Gasteiger partial charge >= 0.3 is 0 Å². The van der Waals surface area contributed by atoms with Crippen LogP contribution >= 0.6 is 13.5 Å². The molecule has 0 radical (unpaired) electrons. The zero-order valence-electron chi connectivity index (χ0n) is 16.1. The number of carbonyl (C=O) groups is 1. The Morgan fingerprint density at radius 1 is 1.33 bits per heavy atom. The van der Waals surface area contributed by atoms with Gasteiger partial charge in [-0.15, -0.1) is 0 Å². The Balaban J connectivity index is 0.00000450. The van der Waals surface area contributed by atoms with Crippen LogP contribution < -0.4 is 5.32 Å². The monoisotopic (exact) mass is 465 g/mol. The van der Waals surface area contributed by atoms with Crippen molar-refractivity contribution >= 4 is 34.9 Å². The van der Waals surface area contributed by atoms with Gasteiger partial charge in [0.05, 0.1) is 11.3 Å². The number of hydrogen-bond donors (Lipinski definition) is 1. The molecular formula is C18H19F4N3O3S2. The van der Waals surface area contributed by atoms with Crippen LogP contribution in [0.15, 0.2) is 29.3 Å². The van der Waals surface area contributed by atoms with Crippen LogP contribution in [0.3, 0.4) is 0 Å². The lowest BCUT2D eigenvalue weighted by atomic mass is 10.1. The standard InChI is InChI=1S/C18H17F4N3O3S.H2S/c1-10(18(2,21)22)9-29(27,28)14-8-25(3)16(15(14)20)17(26)24-12-4-5-13(19)11(6-12)7-23;/h4-6,8,10H,9H2,1-3H3,(H,24,26);1H2/t10-;/m1./s1. The summed E-state index contributed by atoms with van der Waals surface area (Å²) in [7, 11) is -3.24. The molecular weight excluding hydrogens is 446 g/mol. The summed E-state index contributed by atoms with van der Waals surface area (Å²) in [6.45, 7) is 1.58. The molecule has 12 heteroatoms. The fourth-order valence-electron chi connectivity index (χ4n) is 2.49. The Morgan fingerprint density at radius 2 is 1.93 bits per heavy atom. The molecule has 0 spiro atoms. The molecule has 0 aliphatic carbocycles. The molecule has 0 aliphatic rings. The molecule has 1 atom stereocenters. The average Bonchev–Trinajstić information content (AvgIpc) is 2.90. The van der Waals surface area contributed by atoms with Gasteiger partial charge in [-0.05, 0) is 25.1 Å². The van der Waals surface area contributed by atoms with E-state index in [1.54, 1.807) is 6.07 Å². The highest BCUT2D eigenvalue weighted by Gasteiger charge is 2.37. The van der Waals surface area contributed by atoms with E-state index in [1.807, 2.05) is 0 Å². The van der Waals surface area contributed by atoms with Crippen LogP contribution in [0.4, 0.5) is 23.2 Å². The molecule has 1 aromatic heterocycles. The van der Waals surface area contributed by atoms with Crippen LogP contribution in [0.1, 0.15) is 29.9 Å². The maximum Gasteiger partial charge on any atom is 0.275 e. The van der Waals surface area contributed by atoms with Gasteiger partial charge in [0.1, 0.15) is 22.5 Å². The predicted octanol–water partition coefficient (Wildman–Crippen LogP) is 3.61. The number of halogens is 4. The molecule has 1 N–H and O–H groups in total. The largest absolute Gasteiger partial charge is 0.343 e. The molecule has 0 saturated heterocycles. The molecule has 0 fully saturated rings. The Morgan fingerprint density at radius 3 is 2.47 bits per heavy atom. The zero-order chi connectivity index (χ0) is 22.1. The van der Waals surface area contributed by atoms with Crippen LogP contribution in [-0.4, -0.2) is 30.6 Å². The predicted molar refractivity (Wildman–Crippen MR) is 107 cm³/mol. The minimum Gasteiger partial charge on any atom is -0.343 e. The van der Waals surface area contributed by atoms with E-state index < -0.39 is 55.6 Å². The third-order valence-electron chi connectivity index (χ3n) is 4.32. The normalized spacial score (nSPS) is 12.6. The molecule has 6 nitrogen and oxygen atoms in total. The van der Waals surface area contributed by atoms with Gasteiger partial charge < -0.3 is 9.88 Å². The molecule has 30 heavy (non-hydrogen) atoms. The quantitative estimate of drug-likeness (QED) is 0.660. The molecule has 164 valence electrons. The van der Waals surface area contributed by atoms with Gasteiger partial charge in [0.25, 0.3) is 5.91 Å². The van der Waals surface area contributed by atoms with E-state index in [2.05, 4.69) is 5.32 Å². The first-order valence-corrected chi connectivity index (χ1v) is 9.89. The lowest BCUT2D eigenvalue weighted by Crippen LogP contribution is -2.29. The van der Waals surface area contributed by atoms with Gasteiger partial charge in [-0.25, -0.2) is 26.0 Å². The van der Waals surface area contributed by atoms with Crippen LogP contribution in [0.5, 0.6) is 0 Å². The van der Waals surface area contributed by atoms with Crippen molar-refractivity contribution in [2.24, 2.45) is 13.0 Å². The Labute approximate surface area is 177 Å². The number of carbonyl (C=O) groups excluding carboxylic acids is 1. The number of anilines is 1. The number of aromatic nitrogens is 1. The number of nitrogens with zero attached hydrogens (tertiary/aromatic N) is 2. The average molecular weight is 465 g/mol. The molecule has 0 bridgehead atoms. The second-order valence-corrected chi connectivity index (χ2v) is 8.67. The van der Waals surface area contributed by atoms with Crippen LogP contribution in [0.25, 0.3) is 0 Å². The number of alkyl halides is 2. The highest BCUT2D eigenvalue weighted by atomic mass is 32.2. The fraction of sp³-hybridized carbons (Fsp3) is 0.333. The number of nitriles is 1. The summed E-state index contributed by atoms with van der Waals surface area (Å²) in [6, 6.07) is 4.67. The van der Waals surface area contributed by atoms with Crippen molar-refractivity contribution in [3.63, 3.8) is 0 Å². The van der Waals surface area contributed by atoms with Crippen LogP contribution in [-0.2, 0) is 16.9 Å². The number of aryl methyl sites for hydroxylation is 1. The van der Waals surface area contributed by atoms with E-state index in [1.165, 1.54) is 7.05 Å². The summed E-state index contributed by atoms with van der Waals surface area (Å²) in [4.78, 5) is 11.5.